The van der Waals surface area contributed by atoms with Crippen LogP contribution in [0.15, 0.2) is 29.2 Å². The van der Waals surface area contributed by atoms with Crippen molar-refractivity contribution < 1.29 is 13.2 Å². The molecule has 1 unspecified atom stereocenters. The Morgan fingerprint density at radius 3 is 2.64 bits per heavy atom. The molecule has 1 aromatic carbocycles. The molecule has 0 radical (unpaired) electrons. The van der Waals surface area contributed by atoms with Crippen molar-refractivity contribution >= 4 is 10.0 Å². The predicted molar refractivity (Wildman–Crippen MR) is 51.3 cm³/mol. The summed E-state index contributed by atoms with van der Waals surface area (Å²) >= 11 is 0. The summed E-state index contributed by atoms with van der Waals surface area (Å²) in [4.78, 5) is 0.204. The fraction of sp³-hybridized carbons (Fsp3) is 0.333. The minimum Gasteiger partial charge on any atom is -0.373 e. The van der Waals surface area contributed by atoms with Crippen molar-refractivity contribution in [2.75, 3.05) is 6.61 Å². The van der Waals surface area contributed by atoms with Gasteiger partial charge < -0.3 is 4.74 Å². The number of hydrogen-bond acceptors (Lipinski definition) is 3. The summed E-state index contributed by atoms with van der Waals surface area (Å²) in [7, 11) is -3.61. The number of benzene rings is 1. The summed E-state index contributed by atoms with van der Waals surface area (Å²) in [6.45, 7) is 0.707. The summed E-state index contributed by atoms with van der Waals surface area (Å²) in [5.74, 6) is 0. The molecule has 1 fully saturated rings. The van der Waals surface area contributed by atoms with E-state index in [4.69, 9.17) is 9.88 Å². The minimum absolute atomic E-state index is 0.165. The van der Waals surface area contributed by atoms with Gasteiger partial charge >= 0.3 is 0 Å². The molecule has 0 amide bonds. The Bertz CT molecular complexity index is 437. The van der Waals surface area contributed by atoms with Gasteiger partial charge in [0, 0.05) is 6.42 Å². The van der Waals surface area contributed by atoms with Gasteiger partial charge in [-0.05, 0) is 11.6 Å². The number of rotatable bonds is 3. The van der Waals surface area contributed by atoms with Crippen LogP contribution in [0.4, 0.5) is 0 Å². The molecule has 76 valence electrons. The molecular weight excluding hydrogens is 202 g/mol. The van der Waals surface area contributed by atoms with Gasteiger partial charge in [-0.15, -0.1) is 0 Å². The first kappa shape index (κ1) is 9.64. The van der Waals surface area contributed by atoms with Crippen LogP contribution in [0.25, 0.3) is 0 Å². The molecule has 2 N–H and O–H groups in total. The Kier molecular flexibility index (Phi) is 2.30. The van der Waals surface area contributed by atoms with Gasteiger partial charge in [-0.1, -0.05) is 18.2 Å². The maximum absolute atomic E-state index is 11.2. The Morgan fingerprint density at radius 1 is 1.43 bits per heavy atom. The van der Waals surface area contributed by atoms with Crippen LogP contribution < -0.4 is 5.14 Å². The number of primary sulfonamides is 1. The second kappa shape index (κ2) is 3.34. The summed E-state index contributed by atoms with van der Waals surface area (Å²) in [5.41, 5.74) is 0.734. The first-order valence-electron chi connectivity index (χ1n) is 4.29. The molecule has 1 aromatic rings. The number of nitrogens with two attached hydrogens (primary N) is 1. The molecule has 0 bridgehead atoms. The maximum atomic E-state index is 11.2. The Morgan fingerprint density at radius 2 is 2.07 bits per heavy atom. The van der Waals surface area contributed by atoms with E-state index in [1.807, 2.05) is 0 Å². The van der Waals surface area contributed by atoms with Crippen molar-refractivity contribution in [2.45, 2.75) is 17.4 Å². The van der Waals surface area contributed by atoms with Crippen molar-refractivity contribution in [1.82, 2.24) is 0 Å². The van der Waals surface area contributed by atoms with E-state index in [1.54, 1.807) is 18.2 Å². The monoisotopic (exact) mass is 213 g/mol. The highest BCUT2D eigenvalue weighted by atomic mass is 32.2. The zero-order chi connectivity index (χ0) is 10.2. The van der Waals surface area contributed by atoms with Gasteiger partial charge in [0.1, 0.15) is 0 Å². The lowest BCUT2D eigenvalue weighted by molar-refractivity contribution is 0.406. The summed E-state index contributed by atoms with van der Waals surface area (Å²) in [6, 6.07) is 6.75. The Hall–Kier alpha value is -0.910. The lowest BCUT2D eigenvalue weighted by Crippen LogP contribution is -2.15. The topological polar surface area (TPSA) is 72.7 Å². The third-order valence-corrected chi connectivity index (χ3v) is 3.14. The second-order valence-corrected chi connectivity index (χ2v) is 4.84. The van der Waals surface area contributed by atoms with Crippen molar-refractivity contribution in [2.24, 2.45) is 5.14 Å². The van der Waals surface area contributed by atoms with Gasteiger partial charge in [0.05, 0.1) is 17.6 Å². The van der Waals surface area contributed by atoms with E-state index in [0.717, 1.165) is 5.56 Å². The lowest BCUT2D eigenvalue weighted by Gasteiger charge is -2.04. The lowest BCUT2D eigenvalue weighted by atomic mass is 10.1. The largest absolute Gasteiger partial charge is 0.373 e. The molecule has 1 saturated heterocycles. The van der Waals surface area contributed by atoms with Gasteiger partial charge in [0.15, 0.2) is 0 Å². The third kappa shape index (κ3) is 2.12. The van der Waals surface area contributed by atoms with Crippen molar-refractivity contribution in [1.29, 1.82) is 0 Å². The molecule has 0 spiro atoms. The summed E-state index contributed by atoms with van der Waals surface area (Å²) in [6.07, 6.45) is 0.782. The average Bonchev–Trinajstić information content (AvgIpc) is 2.87. The molecule has 0 saturated carbocycles. The van der Waals surface area contributed by atoms with Crippen molar-refractivity contribution in [3.05, 3.63) is 29.8 Å². The number of epoxide rings is 1. The Balaban J connectivity index is 2.37. The van der Waals surface area contributed by atoms with E-state index in [1.165, 1.54) is 6.07 Å². The molecule has 0 aliphatic carbocycles. The van der Waals surface area contributed by atoms with Crippen LogP contribution in [0.1, 0.15) is 5.56 Å². The fourth-order valence-electron chi connectivity index (χ4n) is 1.38. The van der Waals surface area contributed by atoms with Crippen molar-refractivity contribution in [3.8, 4) is 0 Å². The first-order valence-corrected chi connectivity index (χ1v) is 5.84. The molecular formula is C9H11NO3S. The average molecular weight is 213 g/mol. The van der Waals surface area contributed by atoms with Crippen LogP contribution in [-0.4, -0.2) is 21.1 Å². The van der Waals surface area contributed by atoms with E-state index < -0.39 is 10.0 Å². The normalized spacial score (nSPS) is 20.8. The van der Waals surface area contributed by atoms with Crippen LogP contribution in [-0.2, 0) is 21.2 Å². The molecule has 1 aliphatic heterocycles. The van der Waals surface area contributed by atoms with Crippen LogP contribution in [0.5, 0.6) is 0 Å². The van der Waals surface area contributed by atoms with E-state index in [9.17, 15) is 8.42 Å². The fourth-order valence-corrected chi connectivity index (χ4v) is 2.17. The molecule has 1 heterocycles. The van der Waals surface area contributed by atoms with Gasteiger partial charge in [-0.25, -0.2) is 13.6 Å². The number of sulfonamides is 1. The molecule has 1 atom stereocenters. The Labute approximate surface area is 82.7 Å². The molecule has 4 nitrogen and oxygen atoms in total. The third-order valence-electron chi connectivity index (χ3n) is 2.13. The predicted octanol–water partition coefficient (Wildman–Crippen LogP) is 0.275. The molecule has 5 heteroatoms. The van der Waals surface area contributed by atoms with E-state index >= 15 is 0 Å². The number of ether oxygens (including phenoxy) is 1. The smallest absolute Gasteiger partial charge is 0.238 e. The van der Waals surface area contributed by atoms with E-state index in [2.05, 4.69) is 0 Å². The van der Waals surface area contributed by atoms with Gasteiger partial charge in [-0.3, -0.25) is 0 Å². The van der Waals surface area contributed by atoms with Gasteiger partial charge in [-0.2, -0.15) is 0 Å². The highest BCUT2D eigenvalue weighted by molar-refractivity contribution is 7.89. The van der Waals surface area contributed by atoms with E-state index in [-0.39, 0.29) is 11.0 Å². The first-order chi connectivity index (χ1) is 6.57. The van der Waals surface area contributed by atoms with Gasteiger partial charge in [0.2, 0.25) is 10.0 Å². The van der Waals surface area contributed by atoms with Crippen molar-refractivity contribution in [3.63, 3.8) is 0 Å². The quantitative estimate of drug-likeness (QED) is 0.733. The SMILES string of the molecule is NS(=O)(=O)c1ccccc1CC1CO1. The van der Waals surface area contributed by atoms with Crippen LogP contribution >= 0.6 is 0 Å². The second-order valence-electron chi connectivity index (χ2n) is 3.31. The maximum Gasteiger partial charge on any atom is 0.238 e. The summed E-state index contributed by atoms with van der Waals surface area (Å²) < 4.78 is 27.4. The van der Waals surface area contributed by atoms with Crippen LogP contribution in [0.2, 0.25) is 0 Å². The van der Waals surface area contributed by atoms with Gasteiger partial charge in [0.25, 0.3) is 0 Å². The molecule has 14 heavy (non-hydrogen) atoms. The van der Waals surface area contributed by atoms with Crippen LogP contribution in [0.3, 0.4) is 0 Å². The van der Waals surface area contributed by atoms with E-state index in [0.29, 0.717) is 13.0 Å². The standard InChI is InChI=1S/C9H11NO3S/c10-14(11,12)9-4-2-1-3-7(9)5-8-6-13-8/h1-4,8H,5-6H2,(H2,10,11,12). The zero-order valence-electron chi connectivity index (χ0n) is 7.51. The van der Waals surface area contributed by atoms with Crippen LogP contribution in [0, 0.1) is 0 Å². The highest BCUT2D eigenvalue weighted by Gasteiger charge is 2.25. The zero-order valence-corrected chi connectivity index (χ0v) is 8.33. The highest BCUT2D eigenvalue weighted by Crippen LogP contribution is 2.21. The minimum atomic E-state index is -3.61. The molecule has 1 aliphatic rings. The molecule has 0 aromatic heterocycles. The number of hydrogen-bond donors (Lipinski definition) is 1. The molecule has 2 rings (SSSR count). The summed E-state index contributed by atoms with van der Waals surface area (Å²) in [5, 5.41) is 5.09.